The van der Waals surface area contributed by atoms with Gasteiger partial charge in [0.05, 0.1) is 12.0 Å². The Labute approximate surface area is 97.1 Å². The Morgan fingerprint density at radius 3 is 2.33 bits per heavy atom. The van der Waals surface area contributed by atoms with Gasteiger partial charge in [-0.3, -0.25) is 4.79 Å². The predicted octanol–water partition coefficient (Wildman–Crippen LogP) is 1.30. The van der Waals surface area contributed by atoms with Crippen LogP contribution in [0.15, 0.2) is 11.1 Å². The molecule has 15 heavy (non-hydrogen) atoms. The highest BCUT2D eigenvalue weighted by molar-refractivity contribution is 9.11. The summed E-state index contributed by atoms with van der Waals surface area (Å²) in [6.07, 6.45) is 0. The Morgan fingerprint density at radius 2 is 1.93 bits per heavy atom. The van der Waals surface area contributed by atoms with E-state index in [1.54, 1.807) is 13.8 Å². The van der Waals surface area contributed by atoms with Crippen LogP contribution in [0.4, 0.5) is 4.79 Å². The fraction of sp³-hybridized carbons (Fsp3) is 0.556. The van der Waals surface area contributed by atoms with Crippen LogP contribution in [0.1, 0.15) is 13.8 Å². The number of nitrogens with one attached hydrogen (secondary N) is 2. The van der Waals surface area contributed by atoms with Crippen LogP contribution in [0.3, 0.4) is 0 Å². The third-order valence-corrected chi connectivity index (χ3v) is 1.99. The van der Waals surface area contributed by atoms with E-state index in [9.17, 15) is 9.59 Å². The number of amides is 2. The van der Waals surface area contributed by atoms with E-state index >= 15 is 0 Å². The van der Waals surface area contributed by atoms with Crippen LogP contribution in [-0.2, 0) is 4.79 Å². The summed E-state index contributed by atoms with van der Waals surface area (Å²) in [5.74, 6) is -0.951. The fourth-order valence-corrected chi connectivity index (χ4v) is 0.756. The molecule has 86 valence electrons. The Hall–Kier alpha value is -1.04. The van der Waals surface area contributed by atoms with Crippen molar-refractivity contribution in [3.63, 3.8) is 0 Å². The van der Waals surface area contributed by atoms with Crippen molar-refractivity contribution in [3.8, 4) is 0 Å². The first kappa shape index (κ1) is 14.0. The number of urea groups is 1. The van der Waals surface area contributed by atoms with Crippen molar-refractivity contribution in [2.24, 2.45) is 5.41 Å². The second kappa shape index (κ2) is 5.75. The van der Waals surface area contributed by atoms with E-state index in [2.05, 4.69) is 33.1 Å². The van der Waals surface area contributed by atoms with Crippen molar-refractivity contribution in [2.45, 2.75) is 13.8 Å². The third-order valence-electron chi connectivity index (χ3n) is 1.71. The summed E-state index contributed by atoms with van der Waals surface area (Å²) in [7, 11) is 0. The predicted molar refractivity (Wildman–Crippen MR) is 60.9 cm³/mol. The monoisotopic (exact) mass is 278 g/mol. The van der Waals surface area contributed by atoms with Crippen molar-refractivity contribution in [2.75, 3.05) is 13.1 Å². The van der Waals surface area contributed by atoms with Gasteiger partial charge in [-0.05, 0) is 13.8 Å². The molecule has 0 aliphatic carbocycles. The molecule has 0 aromatic carbocycles. The Kier molecular flexibility index (Phi) is 5.35. The first-order chi connectivity index (χ1) is 6.75. The summed E-state index contributed by atoms with van der Waals surface area (Å²) in [5, 5.41) is 13.7. The summed E-state index contributed by atoms with van der Waals surface area (Å²) in [4.78, 5) is 21.8. The zero-order chi connectivity index (χ0) is 12.1. The third kappa shape index (κ3) is 6.11. The van der Waals surface area contributed by atoms with Crippen LogP contribution in [0.2, 0.25) is 0 Å². The zero-order valence-electron chi connectivity index (χ0n) is 8.76. The van der Waals surface area contributed by atoms with Gasteiger partial charge in [-0.25, -0.2) is 4.79 Å². The highest BCUT2D eigenvalue weighted by atomic mass is 79.9. The van der Waals surface area contributed by atoms with E-state index in [1.165, 1.54) is 0 Å². The second-order valence-electron chi connectivity index (χ2n) is 3.74. The molecule has 0 fully saturated rings. The molecule has 0 aromatic heterocycles. The first-order valence-corrected chi connectivity index (χ1v) is 5.13. The number of hydrogen-bond donors (Lipinski definition) is 3. The number of carbonyl (C=O) groups is 2. The molecular formula is C9H15BrN2O3. The van der Waals surface area contributed by atoms with Crippen molar-refractivity contribution in [1.82, 2.24) is 10.6 Å². The standard InChI is InChI=1S/C9H15BrN2O3/c1-6(10)4-11-8(15)12-5-9(2,3)7(13)14/h1,4-5H2,2-3H3,(H,13,14)(H2,11,12,15). The quantitative estimate of drug-likeness (QED) is 0.710. The van der Waals surface area contributed by atoms with Gasteiger partial charge in [0, 0.05) is 11.0 Å². The number of hydrogen-bond acceptors (Lipinski definition) is 2. The van der Waals surface area contributed by atoms with Gasteiger partial charge in [0.15, 0.2) is 0 Å². The van der Waals surface area contributed by atoms with Crippen LogP contribution in [0, 0.1) is 5.41 Å². The van der Waals surface area contributed by atoms with Crippen LogP contribution in [-0.4, -0.2) is 30.2 Å². The smallest absolute Gasteiger partial charge is 0.315 e. The number of aliphatic carboxylic acids is 1. The average Bonchev–Trinajstić information content (AvgIpc) is 2.11. The Bertz CT molecular complexity index is 277. The lowest BCUT2D eigenvalue weighted by atomic mass is 9.94. The molecule has 0 aromatic rings. The lowest BCUT2D eigenvalue weighted by Crippen LogP contribution is -2.43. The van der Waals surface area contributed by atoms with Crippen molar-refractivity contribution < 1.29 is 14.7 Å². The summed E-state index contributed by atoms with van der Waals surface area (Å²) in [6.45, 7) is 7.00. The number of carboxylic acids is 1. The van der Waals surface area contributed by atoms with E-state index < -0.39 is 17.4 Å². The van der Waals surface area contributed by atoms with Gasteiger partial charge >= 0.3 is 12.0 Å². The molecule has 0 bridgehead atoms. The van der Waals surface area contributed by atoms with Gasteiger partial charge in [0.2, 0.25) is 0 Å². The minimum absolute atomic E-state index is 0.0723. The number of rotatable bonds is 5. The summed E-state index contributed by atoms with van der Waals surface area (Å²) in [6, 6.07) is -0.412. The van der Waals surface area contributed by atoms with Gasteiger partial charge in [-0.15, -0.1) is 0 Å². The van der Waals surface area contributed by atoms with Gasteiger partial charge in [0.25, 0.3) is 0 Å². The number of carbonyl (C=O) groups excluding carboxylic acids is 1. The zero-order valence-corrected chi connectivity index (χ0v) is 10.3. The molecule has 0 aliphatic heterocycles. The molecule has 0 saturated carbocycles. The highest BCUT2D eigenvalue weighted by Gasteiger charge is 2.27. The highest BCUT2D eigenvalue weighted by Crippen LogP contribution is 2.12. The van der Waals surface area contributed by atoms with Crippen molar-refractivity contribution >= 4 is 27.9 Å². The molecule has 6 heteroatoms. The van der Waals surface area contributed by atoms with E-state index in [4.69, 9.17) is 5.11 Å². The lowest BCUT2D eigenvalue weighted by Gasteiger charge is -2.19. The molecule has 0 aliphatic rings. The maximum absolute atomic E-state index is 11.1. The van der Waals surface area contributed by atoms with E-state index in [0.717, 1.165) is 0 Å². The molecule has 0 saturated heterocycles. The molecule has 0 spiro atoms. The fourth-order valence-electron chi connectivity index (χ4n) is 0.616. The summed E-state index contributed by atoms with van der Waals surface area (Å²) in [5.41, 5.74) is -0.969. The molecule has 0 atom stereocenters. The largest absolute Gasteiger partial charge is 0.481 e. The van der Waals surface area contributed by atoms with Gasteiger partial charge in [-0.1, -0.05) is 22.5 Å². The topological polar surface area (TPSA) is 78.4 Å². The van der Waals surface area contributed by atoms with Crippen LogP contribution < -0.4 is 10.6 Å². The molecular weight excluding hydrogens is 264 g/mol. The summed E-state index contributed by atoms with van der Waals surface area (Å²) < 4.78 is 0.648. The molecule has 5 nitrogen and oxygen atoms in total. The van der Waals surface area contributed by atoms with Gasteiger partial charge in [0.1, 0.15) is 0 Å². The van der Waals surface area contributed by atoms with Crippen LogP contribution in [0.25, 0.3) is 0 Å². The van der Waals surface area contributed by atoms with Crippen molar-refractivity contribution in [3.05, 3.63) is 11.1 Å². The first-order valence-electron chi connectivity index (χ1n) is 4.34. The molecule has 0 heterocycles. The molecule has 0 rings (SSSR count). The van der Waals surface area contributed by atoms with Gasteiger partial charge < -0.3 is 15.7 Å². The van der Waals surface area contributed by atoms with E-state index in [-0.39, 0.29) is 6.54 Å². The number of carboxylic acid groups (broad SMARTS) is 1. The Morgan fingerprint density at radius 1 is 1.40 bits per heavy atom. The maximum Gasteiger partial charge on any atom is 0.315 e. The maximum atomic E-state index is 11.1. The van der Waals surface area contributed by atoms with Crippen LogP contribution >= 0.6 is 15.9 Å². The van der Waals surface area contributed by atoms with E-state index in [0.29, 0.717) is 11.0 Å². The minimum atomic E-state index is -0.969. The van der Waals surface area contributed by atoms with E-state index in [1.807, 2.05) is 0 Å². The lowest BCUT2D eigenvalue weighted by molar-refractivity contribution is -0.146. The SMILES string of the molecule is C=C(Br)CNC(=O)NCC(C)(C)C(=O)O. The summed E-state index contributed by atoms with van der Waals surface area (Å²) >= 11 is 3.09. The second-order valence-corrected chi connectivity index (χ2v) is 4.86. The average molecular weight is 279 g/mol. The normalized spacial score (nSPS) is 10.6. The molecule has 0 radical (unpaired) electrons. The van der Waals surface area contributed by atoms with Crippen molar-refractivity contribution in [1.29, 1.82) is 0 Å². The van der Waals surface area contributed by atoms with Gasteiger partial charge in [-0.2, -0.15) is 0 Å². The number of halogens is 1. The van der Waals surface area contributed by atoms with Crippen LogP contribution in [0.5, 0.6) is 0 Å². The minimum Gasteiger partial charge on any atom is -0.481 e. The molecule has 0 unspecified atom stereocenters. The Balaban J connectivity index is 3.90. The molecule has 2 amide bonds. The molecule has 3 N–H and O–H groups in total.